The number of hydrogen-bond acceptors (Lipinski definition) is 9. The molecule has 1 aliphatic heterocycles. The molecule has 0 aliphatic carbocycles. The van der Waals surface area contributed by atoms with Gasteiger partial charge in [0.1, 0.15) is 30.0 Å². The molecular formula is C26H35ClF2N6O3. The highest BCUT2D eigenvalue weighted by Crippen LogP contribution is 2.35. The zero-order valence-corrected chi connectivity index (χ0v) is 22.8. The van der Waals surface area contributed by atoms with Crippen LogP contribution in [0.5, 0.6) is 5.75 Å². The van der Waals surface area contributed by atoms with Gasteiger partial charge in [0.2, 0.25) is 0 Å². The number of piperazine rings is 1. The number of aromatic nitrogens is 2. The molecule has 0 bridgehead atoms. The lowest BCUT2D eigenvalue weighted by molar-refractivity contribution is 0.0853. The number of rotatable bonds is 11. The molecule has 4 N–H and O–H groups in total. The van der Waals surface area contributed by atoms with Crippen molar-refractivity contribution < 1.29 is 23.7 Å². The molecule has 0 spiro atoms. The summed E-state index contributed by atoms with van der Waals surface area (Å²) in [6.45, 7) is 6.89. The lowest BCUT2D eigenvalue weighted by atomic mass is 10.0. The number of nitrogens with one attached hydrogen (secondary N) is 2. The van der Waals surface area contributed by atoms with Crippen LogP contribution in [0.1, 0.15) is 25.1 Å². The van der Waals surface area contributed by atoms with Gasteiger partial charge in [0, 0.05) is 49.6 Å². The van der Waals surface area contributed by atoms with Gasteiger partial charge in [-0.15, -0.1) is 0 Å². The third kappa shape index (κ3) is 7.37. The molecule has 0 radical (unpaired) electrons. The second-order valence-corrected chi connectivity index (χ2v) is 9.68. The standard InChI is InChI=1S/C26H35ClF2N6O3/c1-15-24(23(16(2)30)17(3)36)32-25(33-26(15)35-9-7-34(8-10-35)13-22(28)29)20-11-19(5-6-21(20)27)38-14-18(37)12-31-4/h5-6,11,18,22,30-31,36-37H,7-10,12-14H2,1-4H3/b23-17+,30-16?/t18-/m1/s1. The SMILES string of the molecule is CNC[C@@H](O)COc1ccc(Cl)c(-c2nc(/C(C(C)=N)=C(\C)O)c(C)c(N3CCN(CC(F)F)CC3)n2)c1. The first-order valence-electron chi connectivity index (χ1n) is 12.4. The highest BCUT2D eigenvalue weighted by Gasteiger charge is 2.26. The largest absolute Gasteiger partial charge is 0.512 e. The summed E-state index contributed by atoms with van der Waals surface area (Å²) in [4.78, 5) is 13.2. The Morgan fingerprint density at radius 1 is 1.21 bits per heavy atom. The molecule has 9 nitrogen and oxygen atoms in total. The van der Waals surface area contributed by atoms with E-state index in [4.69, 9.17) is 31.7 Å². The molecule has 38 heavy (non-hydrogen) atoms. The minimum atomic E-state index is -2.40. The van der Waals surface area contributed by atoms with Crippen LogP contribution in [0.3, 0.4) is 0 Å². The summed E-state index contributed by atoms with van der Waals surface area (Å²) in [7, 11) is 1.74. The molecule has 0 saturated carbocycles. The Balaban J connectivity index is 2.06. The van der Waals surface area contributed by atoms with Crippen LogP contribution in [0.25, 0.3) is 17.0 Å². The number of likely N-dealkylation sites (N-methyl/N-ethyl adjacent to an activating group) is 1. The number of benzene rings is 1. The smallest absolute Gasteiger partial charge is 0.251 e. The van der Waals surface area contributed by atoms with Gasteiger partial charge in [0.25, 0.3) is 6.43 Å². The first-order chi connectivity index (χ1) is 18.0. The van der Waals surface area contributed by atoms with E-state index >= 15 is 0 Å². The van der Waals surface area contributed by atoms with E-state index in [1.54, 1.807) is 37.1 Å². The number of halogens is 3. The van der Waals surface area contributed by atoms with Crippen molar-refractivity contribution >= 4 is 28.7 Å². The summed E-state index contributed by atoms with van der Waals surface area (Å²) in [5.41, 5.74) is 1.93. The van der Waals surface area contributed by atoms with Crippen molar-refractivity contribution in [3.8, 4) is 17.1 Å². The molecule has 0 unspecified atom stereocenters. The summed E-state index contributed by atoms with van der Waals surface area (Å²) in [5.74, 6) is 1.25. The van der Waals surface area contributed by atoms with Crippen LogP contribution in [0.15, 0.2) is 24.0 Å². The van der Waals surface area contributed by atoms with Gasteiger partial charge < -0.3 is 30.6 Å². The maximum Gasteiger partial charge on any atom is 0.251 e. The number of hydrogen-bond donors (Lipinski definition) is 4. The Hall–Kier alpha value is -2.86. The number of nitrogens with zero attached hydrogens (tertiary/aromatic N) is 4. The average Bonchev–Trinajstić information content (AvgIpc) is 2.85. The third-order valence-corrected chi connectivity index (χ3v) is 6.55. The number of anilines is 1. The number of allylic oxidation sites excluding steroid dienone is 2. The van der Waals surface area contributed by atoms with Gasteiger partial charge in [-0.2, -0.15) is 0 Å². The predicted octanol–water partition coefficient (Wildman–Crippen LogP) is 3.78. The summed E-state index contributed by atoms with van der Waals surface area (Å²) in [6, 6.07) is 5.01. The third-order valence-electron chi connectivity index (χ3n) is 6.22. The van der Waals surface area contributed by atoms with E-state index in [1.807, 2.05) is 11.8 Å². The summed E-state index contributed by atoms with van der Waals surface area (Å²) in [6.07, 6.45) is -3.10. The second kappa shape index (κ2) is 13.3. The molecule has 1 saturated heterocycles. The molecular weight excluding hydrogens is 518 g/mol. The van der Waals surface area contributed by atoms with Gasteiger partial charge in [-0.3, -0.25) is 4.90 Å². The molecule has 3 rings (SSSR count). The normalized spacial score (nSPS) is 16.0. The molecule has 2 aromatic rings. The quantitative estimate of drug-likeness (QED) is 0.246. The van der Waals surface area contributed by atoms with Crippen molar-refractivity contribution in [1.82, 2.24) is 20.2 Å². The van der Waals surface area contributed by atoms with Gasteiger partial charge in [0.15, 0.2) is 5.82 Å². The monoisotopic (exact) mass is 552 g/mol. The molecule has 1 aromatic carbocycles. The van der Waals surface area contributed by atoms with Crippen molar-refractivity contribution in [2.75, 3.05) is 57.8 Å². The van der Waals surface area contributed by atoms with Crippen LogP contribution in [-0.2, 0) is 0 Å². The van der Waals surface area contributed by atoms with E-state index in [-0.39, 0.29) is 36.0 Å². The van der Waals surface area contributed by atoms with E-state index in [9.17, 15) is 19.0 Å². The molecule has 1 aliphatic rings. The Labute approximate surface area is 226 Å². The molecule has 208 valence electrons. The van der Waals surface area contributed by atoms with Crippen molar-refractivity contribution in [3.63, 3.8) is 0 Å². The first kappa shape index (κ1) is 29.7. The van der Waals surface area contributed by atoms with Crippen LogP contribution in [0, 0.1) is 12.3 Å². The van der Waals surface area contributed by atoms with Crippen LogP contribution >= 0.6 is 11.6 Å². The summed E-state index contributed by atoms with van der Waals surface area (Å²) < 4.78 is 31.5. The summed E-state index contributed by atoms with van der Waals surface area (Å²) in [5, 5.41) is 31.9. The van der Waals surface area contributed by atoms with E-state index in [0.29, 0.717) is 66.1 Å². The lowest BCUT2D eigenvalue weighted by Crippen LogP contribution is -2.48. The lowest BCUT2D eigenvalue weighted by Gasteiger charge is -2.36. The van der Waals surface area contributed by atoms with Crippen molar-refractivity contribution in [2.45, 2.75) is 33.3 Å². The summed E-state index contributed by atoms with van der Waals surface area (Å²) >= 11 is 6.56. The van der Waals surface area contributed by atoms with E-state index in [1.165, 1.54) is 6.92 Å². The van der Waals surface area contributed by atoms with E-state index < -0.39 is 12.5 Å². The Morgan fingerprint density at radius 3 is 2.47 bits per heavy atom. The number of ether oxygens (including phenoxy) is 1. The minimum Gasteiger partial charge on any atom is -0.512 e. The van der Waals surface area contributed by atoms with E-state index in [0.717, 1.165) is 0 Å². The first-order valence-corrected chi connectivity index (χ1v) is 12.7. The zero-order valence-electron chi connectivity index (χ0n) is 22.1. The fraction of sp³-hybridized carbons (Fsp3) is 0.500. The molecule has 1 atom stereocenters. The maximum atomic E-state index is 12.9. The van der Waals surface area contributed by atoms with Gasteiger partial charge >= 0.3 is 0 Å². The van der Waals surface area contributed by atoms with Crippen LogP contribution in [0.4, 0.5) is 14.6 Å². The van der Waals surface area contributed by atoms with Gasteiger partial charge in [-0.25, -0.2) is 18.7 Å². The number of aliphatic hydroxyl groups is 2. The molecule has 0 amide bonds. The Bertz CT molecular complexity index is 1170. The fourth-order valence-corrected chi connectivity index (χ4v) is 4.59. The predicted molar refractivity (Wildman–Crippen MR) is 146 cm³/mol. The Kier molecular flexibility index (Phi) is 10.4. The van der Waals surface area contributed by atoms with Crippen LogP contribution < -0.4 is 15.0 Å². The second-order valence-electron chi connectivity index (χ2n) is 9.27. The Morgan fingerprint density at radius 2 is 1.89 bits per heavy atom. The molecule has 1 aromatic heterocycles. The average molecular weight is 553 g/mol. The maximum absolute atomic E-state index is 12.9. The van der Waals surface area contributed by atoms with Crippen LogP contribution in [-0.4, -0.2) is 96.2 Å². The molecule has 1 fully saturated rings. The molecule has 2 heterocycles. The highest BCUT2D eigenvalue weighted by molar-refractivity contribution is 6.33. The van der Waals surface area contributed by atoms with E-state index in [2.05, 4.69) is 5.32 Å². The van der Waals surface area contributed by atoms with Gasteiger partial charge in [-0.1, -0.05) is 11.6 Å². The number of alkyl halides is 2. The van der Waals surface area contributed by atoms with Crippen molar-refractivity contribution in [3.05, 3.63) is 40.2 Å². The molecule has 12 heteroatoms. The zero-order chi connectivity index (χ0) is 28.0. The topological polar surface area (TPSA) is 118 Å². The van der Waals surface area contributed by atoms with Gasteiger partial charge in [0.05, 0.1) is 22.8 Å². The van der Waals surface area contributed by atoms with Crippen molar-refractivity contribution in [2.24, 2.45) is 0 Å². The highest BCUT2D eigenvalue weighted by atomic mass is 35.5. The minimum absolute atomic E-state index is 0.0559. The van der Waals surface area contributed by atoms with Crippen molar-refractivity contribution in [1.29, 1.82) is 5.41 Å². The van der Waals surface area contributed by atoms with Gasteiger partial charge in [-0.05, 0) is 46.0 Å². The van der Waals surface area contributed by atoms with Crippen LogP contribution in [0.2, 0.25) is 5.02 Å². The fourth-order valence-electron chi connectivity index (χ4n) is 4.39. The number of aliphatic hydroxyl groups excluding tert-OH is 2.